The molecule has 0 unspecified atom stereocenters. The van der Waals surface area contributed by atoms with Crippen LogP contribution in [-0.2, 0) is 11.3 Å². The van der Waals surface area contributed by atoms with E-state index in [-0.39, 0.29) is 11.6 Å². The molecule has 1 saturated carbocycles. The molecule has 106 valence electrons. The quantitative estimate of drug-likeness (QED) is 0.779. The van der Waals surface area contributed by atoms with E-state index in [0.29, 0.717) is 31.4 Å². The van der Waals surface area contributed by atoms with Gasteiger partial charge in [0, 0.05) is 18.7 Å². The standard InChI is InChI=1S/C15H22FNO2/c16-13-6-7-15(18)12(10-13)11-17-8-9-19-14-4-2-1-3-5-14/h6-7,10,14,17-18H,1-5,8-9,11H2. The van der Waals surface area contributed by atoms with Gasteiger partial charge in [0.2, 0.25) is 0 Å². The van der Waals surface area contributed by atoms with Gasteiger partial charge < -0.3 is 15.2 Å². The number of rotatable bonds is 6. The maximum atomic E-state index is 13.0. The van der Waals surface area contributed by atoms with E-state index in [1.807, 2.05) is 0 Å². The Morgan fingerprint density at radius 2 is 2.05 bits per heavy atom. The van der Waals surface area contributed by atoms with Crippen molar-refractivity contribution in [1.29, 1.82) is 0 Å². The van der Waals surface area contributed by atoms with Crippen molar-refractivity contribution in [3.05, 3.63) is 29.6 Å². The van der Waals surface area contributed by atoms with Gasteiger partial charge in [-0.15, -0.1) is 0 Å². The maximum Gasteiger partial charge on any atom is 0.123 e. The smallest absolute Gasteiger partial charge is 0.123 e. The molecule has 0 bridgehead atoms. The highest BCUT2D eigenvalue weighted by Gasteiger charge is 2.12. The lowest BCUT2D eigenvalue weighted by Gasteiger charge is -2.22. The molecule has 1 fully saturated rings. The first-order valence-corrected chi connectivity index (χ1v) is 7.05. The molecule has 19 heavy (non-hydrogen) atoms. The second-order valence-corrected chi connectivity index (χ2v) is 5.08. The summed E-state index contributed by atoms with van der Waals surface area (Å²) in [4.78, 5) is 0. The van der Waals surface area contributed by atoms with E-state index in [1.54, 1.807) is 0 Å². The van der Waals surface area contributed by atoms with Crippen LogP contribution in [0.2, 0.25) is 0 Å². The molecule has 0 aromatic heterocycles. The Bertz CT molecular complexity index is 392. The van der Waals surface area contributed by atoms with E-state index >= 15 is 0 Å². The Morgan fingerprint density at radius 1 is 1.26 bits per heavy atom. The normalized spacial score (nSPS) is 16.7. The molecule has 3 nitrogen and oxygen atoms in total. The van der Waals surface area contributed by atoms with Gasteiger partial charge in [0.1, 0.15) is 11.6 Å². The first kappa shape index (κ1) is 14.3. The molecule has 4 heteroatoms. The van der Waals surface area contributed by atoms with Crippen molar-refractivity contribution in [2.24, 2.45) is 0 Å². The van der Waals surface area contributed by atoms with Crippen LogP contribution >= 0.6 is 0 Å². The molecular weight excluding hydrogens is 245 g/mol. The van der Waals surface area contributed by atoms with E-state index in [1.165, 1.54) is 50.3 Å². The van der Waals surface area contributed by atoms with Gasteiger partial charge in [-0.2, -0.15) is 0 Å². The van der Waals surface area contributed by atoms with E-state index in [9.17, 15) is 9.50 Å². The van der Waals surface area contributed by atoms with Crippen molar-refractivity contribution in [3.8, 4) is 5.75 Å². The molecule has 0 saturated heterocycles. The van der Waals surface area contributed by atoms with E-state index in [0.717, 1.165) is 0 Å². The SMILES string of the molecule is Oc1ccc(F)cc1CNCCOC1CCCCC1. The third-order valence-corrected chi connectivity index (χ3v) is 3.54. The molecule has 0 atom stereocenters. The molecular formula is C15H22FNO2. The van der Waals surface area contributed by atoms with Crippen molar-refractivity contribution in [2.75, 3.05) is 13.2 Å². The highest BCUT2D eigenvalue weighted by Crippen LogP contribution is 2.20. The minimum atomic E-state index is -0.326. The number of aromatic hydroxyl groups is 1. The summed E-state index contributed by atoms with van der Waals surface area (Å²) in [6.07, 6.45) is 6.63. The fourth-order valence-electron chi connectivity index (χ4n) is 2.45. The van der Waals surface area contributed by atoms with Crippen LogP contribution in [0.1, 0.15) is 37.7 Å². The molecule has 1 aliphatic carbocycles. The van der Waals surface area contributed by atoms with Crippen molar-refractivity contribution in [1.82, 2.24) is 5.32 Å². The highest BCUT2D eigenvalue weighted by atomic mass is 19.1. The molecule has 0 spiro atoms. The summed E-state index contributed by atoms with van der Waals surface area (Å²) in [5.74, 6) is -0.199. The lowest BCUT2D eigenvalue weighted by atomic mass is 9.98. The Kier molecular flexibility index (Phi) is 5.61. The third-order valence-electron chi connectivity index (χ3n) is 3.54. The monoisotopic (exact) mass is 267 g/mol. The van der Waals surface area contributed by atoms with Gasteiger partial charge in [-0.3, -0.25) is 0 Å². The lowest BCUT2D eigenvalue weighted by molar-refractivity contribution is 0.0302. The predicted octanol–water partition coefficient (Wildman–Crippen LogP) is 2.97. The van der Waals surface area contributed by atoms with Crippen LogP contribution < -0.4 is 5.32 Å². The number of benzene rings is 1. The average Bonchev–Trinajstić information content (AvgIpc) is 2.43. The number of hydrogen-bond donors (Lipinski definition) is 2. The number of hydrogen-bond acceptors (Lipinski definition) is 3. The molecule has 0 amide bonds. The summed E-state index contributed by atoms with van der Waals surface area (Å²) in [7, 11) is 0. The van der Waals surface area contributed by atoms with Crippen molar-refractivity contribution in [3.63, 3.8) is 0 Å². The van der Waals surface area contributed by atoms with Crippen molar-refractivity contribution in [2.45, 2.75) is 44.8 Å². The average molecular weight is 267 g/mol. The van der Waals surface area contributed by atoms with Gasteiger partial charge >= 0.3 is 0 Å². The molecule has 1 aliphatic rings. The zero-order chi connectivity index (χ0) is 13.5. The molecule has 1 aromatic carbocycles. The zero-order valence-corrected chi connectivity index (χ0v) is 11.2. The first-order chi connectivity index (χ1) is 9.25. The highest BCUT2D eigenvalue weighted by molar-refractivity contribution is 5.32. The largest absolute Gasteiger partial charge is 0.508 e. The van der Waals surface area contributed by atoms with Crippen LogP contribution in [-0.4, -0.2) is 24.4 Å². The van der Waals surface area contributed by atoms with Gasteiger partial charge in [0.15, 0.2) is 0 Å². The summed E-state index contributed by atoms with van der Waals surface area (Å²) >= 11 is 0. The molecule has 2 N–H and O–H groups in total. The molecule has 0 heterocycles. The number of phenolic OH excluding ortho intramolecular Hbond substituents is 1. The molecule has 2 rings (SSSR count). The van der Waals surface area contributed by atoms with E-state index in [4.69, 9.17) is 4.74 Å². The predicted molar refractivity (Wildman–Crippen MR) is 72.6 cm³/mol. The van der Waals surface area contributed by atoms with Gasteiger partial charge in [-0.25, -0.2) is 4.39 Å². The van der Waals surface area contributed by atoms with Gasteiger partial charge in [0.25, 0.3) is 0 Å². The van der Waals surface area contributed by atoms with E-state index < -0.39 is 0 Å². The minimum Gasteiger partial charge on any atom is -0.508 e. The summed E-state index contributed by atoms with van der Waals surface area (Å²) in [5, 5.41) is 12.7. The lowest BCUT2D eigenvalue weighted by Crippen LogP contribution is -2.24. The Balaban J connectivity index is 1.62. The van der Waals surface area contributed by atoms with E-state index in [2.05, 4.69) is 5.32 Å². The van der Waals surface area contributed by atoms with Gasteiger partial charge in [-0.1, -0.05) is 19.3 Å². The second-order valence-electron chi connectivity index (χ2n) is 5.08. The van der Waals surface area contributed by atoms with Crippen LogP contribution in [0.3, 0.4) is 0 Å². The number of halogens is 1. The zero-order valence-electron chi connectivity index (χ0n) is 11.2. The van der Waals surface area contributed by atoms with Crippen LogP contribution in [0.15, 0.2) is 18.2 Å². The Morgan fingerprint density at radius 3 is 2.84 bits per heavy atom. The first-order valence-electron chi connectivity index (χ1n) is 7.05. The summed E-state index contributed by atoms with van der Waals surface area (Å²) in [6.45, 7) is 1.84. The van der Waals surface area contributed by atoms with Gasteiger partial charge in [-0.05, 0) is 31.0 Å². The topological polar surface area (TPSA) is 41.5 Å². The fraction of sp³-hybridized carbons (Fsp3) is 0.600. The van der Waals surface area contributed by atoms with Gasteiger partial charge in [0.05, 0.1) is 12.7 Å². The fourth-order valence-corrected chi connectivity index (χ4v) is 2.45. The Hall–Kier alpha value is -1.13. The summed E-state index contributed by atoms with van der Waals surface area (Å²) < 4.78 is 18.8. The Labute approximate surface area is 113 Å². The van der Waals surface area contributed by atoms with Crippen LogP contribution in [0.4, 0.5) is 4.39 Å². The maximum absolute atomic E-state index is 13.0. The van der Waals surface area contributed by atoms with Crippen molar-refractivity contribution >= 4 is 0 Å². The van der Waals surface area contributed by atoms with Crippen molar-refractivity contribution < 1.29 is 14.2 Å². The number of phenols is 1. The number of ether oxygens (including phenoxy) is 1. The van der Waals surface area contributed by atoms with Crippen LogP contribution in [0.5, 0.6) is 5.75 Å². The summed E-state index contributed by atoms with van der Waals surface area (Å²) in [6, 6.07) is 3.99. The third kappa shape index (κ3) is 4.80. The van der Waals surface area contributed by atoms with Crippen LogP contribution in [0.25, 0.3) is 0 Å². The molecule has 0 aliphatic heterocycles. The summed E-state index contributed by atoms with van der Waals surface area (Å²) in [5.41, 5.74) is 0.581. The van der Waals surface area contributed by atoms with Crippen LogP contribution in [0, 0.1) is 5.82 Å². The molecule has 0 radical (unpaired) electrons. The minimum absolute atomic E-state index is 0.127. The second kappa shape index (κ2) is 7.46. The number of nitrogens with one attached hydrogen (secondary N) is 1. The molecule has 1 aromatic rings.